The topological polar surface area (TPSA) is 30.9 Å². The summed E-state index contributed by atoms with van der Waals surface area (Å²) in [5.74, 6) is 1.79. The minimum Gasteiger partial charge on any atom is -0.377 e. The predicted molar refractivity (Wildman–Crippen MR) is 103 cm³/mol. The number of hydrogen-bond acceptors (Lipinski definition) is 4. The van der Waals surface area contributed by atoms with E-state index in [1.165, 1.54) is 64.2 Å². The molecule has 2 heterocycles. The van der Waals surface area contributed by atoms with Crippen LogP contribution in [0.5, 0.6) is 0 Å². The van der Waals surface area contributed by atoms with Crippen LogP contribution in [0.15, 0.2) is 0 Å². The van der Waals surface area contributed by atoms with Crippen LogP contribution in [-0.4, -0.2) is 56.2 Å². The molecule has 4 fully saturated rings. The first-order valence-corrected chi connectivity index (χ1v) is 11.4. The Morgan fingerprint density at radius 3 is 2.15 bits per heavy atom. The molecule has 0 unspecified atom stereocenters. The molecule has 26 heavy (non-hydrogen) atoms. The van der Waals surface area contributed by atoms with Gasteiger partial charge in [0.15, 0.2) is 5.79 Å². The maximum atomic E-state index is 6.24. The Labute approximate surface area is 159 Å². The van der Waals surface area contributed by atoms with Crippen molar-refractivity contribution in [2.75, 3.05) is 39.5 Å². The second-order valence-corrected chi connectivity index (χ2v) is 9.20. The van der Waals surface area contributed by atoms with Crippen LogP contribution in [0.2, 0.25) is 0 Å². The molecular weight excluding hydrogens is 326 g/mol. The van der Waals surface area contributed by atoms with Gasteiger partial charge in [0.05, 0.1) is 25.9 Å². The quantitative estimate of drug-likeness (QED) is 0.699. The standard InChI is InChI=1S/C22H39NO3/c1-2-4-19(5-3-1)18-20-6-8-21(9-7-20)24-15-14-23-12-10-22(11-13-23)25-16-17-26-22/h19-21H,1-18H2. The highest BCUT2D eigenvalue weighted by Gasteiger charge is 2.39. The average Bonchev–Trinajstić information content (AvgIpc) is 3.14. The van der Waals surface area contributed by atoms with E-state index in [4.69, 9.17) is 14.2 Å². The third-order valence-electron chi connectivity index (χ3n) is 7.38. The molecule has 2 aliphatic heterocycles. The van der Waals surface area contributed by atoms with Crippen molar-refractivity contribution < 1.29 is 14.2 Å². The Hall–Kier alpha value is -0.160. The van der Waals surface area contributed by atoms with Crippen molar-refractivity contribution in [1.82, 2.24) is 4.90 Å². The van der Waals surface area contributed by atoms with Crippen LogP contribution in [0.25, 0.3) is 0 Å². The highest BCUT2D eigenvalue weighted by Crippen LogP contribution is 2.36. The summed E-state index contributed by atoms with van der Waals surface area (Å²) in [6.45, 7) is 5.67. The molecule has 0 bridgehead atoms. The van der Waals surface area contributed by atoms with Gasteiger partial charge in [-0.25, -0.2) is 0 Å². The third-order valence-corrected chi connectivity index (χ3v) is 7.38. The van der Waals surface area contributed by atoms with E-state index >= 15 is 0 Å². The van der Waals surface area contributed by atoms with Gasteiger partial charge < -0.3 is 19.1 Å². The highest BCUT2D eigenvalue weighted by atomic mass is 16.7. The van der Waals surface area contributed by atoms with E-state index in [-0.39, 0.29) is 5.79 Å². The summed E-state index contributed by atoms with van der Waals surface area (Å²) >= 11 is 0. The minimum atomic E-state index is -0.242. The average molecular weight is 366 g/mol. The summed E-state index contributed by atoms with van der Waals surface area (Å²) in [4.78, 5) is 2.52. The molecule has 4 aliphatic rings. The molecule has 0 aromatic rings. The Morgan fingerprint density at radius 2 is 1.46 bits per heavy atom. The second-order valence-electron chi connectivity index (χ2n) is 9.20. The maximum absolute atomic E-state index is 6.24. The first-order chi connectivity index (χ1) is 12.8. The van der Waals surface area contributed by atoms with Gasteiger partial charge in [0.25, 0.3) is 0 Å². The van der Waals surface area contributed by atoms with Gasteiger partial charge in [0.1, 0.15) is 0 Å². The lowest BCUT2D eigenvalue weighted by Gasteiger charge is -2.38. The molecule has 4 rings (SSSR count). The first kappa shape index (κ1) is 19.2. The summed E-state index contributed by atoms with van der Waals surface area (Å²) in [6.07, 6.45) is 16.9. The van der Waals surface area contributed by atoms with Crippen LogP contribution in [0, 0.1) is 11.8 Å². The number of hydrogen-bond donors (Lipinski definition) is 0. The molecule has 0 atom stereocenters. The van der Waals surface area contributed by atoms with Crippen molar-refractivity contribution in [3.05, 3.63) is 0 Å². The summed E-state index contributed by atoms with van der Waals surface area (Å²) in [5.41, 5.74) is 0. The SMILES string of the molecule is C1CCC(CC2CCC(OCCN3CCC4(CC3)OCCO4)CC2)CC1. The van der Waals surface area contributed by atoms with Gasteiger partial charge in [-0.05, 0) is 43.9 Å². The smallest absolute Gasteiger partial charge is 0.170 e. The molecular formula is C22H39NO3. The van der Waals surface area contributed by atoms with E-state index in [1.807, 2.05) is 0 Å². The molecule has 0 aromatic carbocycles. The van der Waals surface area contributed by atoms with E-state index < -0.39 is 0 Å². The predicted octanol–water partition coefficient (Wildman–Crippen LogP) is 4.37. The van der Waals surface area contributed by atoms with E-state index in [0.717, 1.165) is 64.1 Å². The van der Waals surface area contributed by atoms with Crippen LogP contribution in [0.3, 0.4) is 0 Å². The van der Waals surface area contributed by atoms with Crippen LogP contribution < -0.4 is 0 Å². The van der Waals surface area contributed by atoms with Crippen LogP contribution in [0.4, 0.5) is 0 Å². The fourth-order valence-electron chi connectivity index (χ4n) is 5.68. The van der Waals surface area contributed by atoms with Crippen molar-refractivity contribution in [1.29, 1.82) is 0 Å². The number of likely N-dealkylation sites (tertiary alicyclic amines) is 1. The minimum absolute atomic E-state index is 0.242. The van der Waals surface area contributed by atoms with Crippen LogP contribution in [0.1, 0.15) is 77.0 Å². The molecule has 1 spiro atoms. The van der Waals surface area contributed by atoms with Crippen molar-refractivity contribution >= 4 is 0 Å². The highest BCUT2D eigenvalue weighted by molar-refractivity contribution is 4.83. The van der Waals surface area contributed by atoms with Gasteiger partial charge in [-0.2, -0.15) is 0 Å². The Kier molecular flexibility index (Phi) is 6.90. The normalized spacial score (nSPS) is 33.7. The van der Waals surface area contributed by atoms with Crippen molar-refractivity contribution in [2.24, 2.45) is 11.8 Å². The van der Waals surface area contributed by atoms with Crippen molar-refractivity contribution in [2.45, 2.75) is 88.9 Å². The lowest BCUT2D eigenvalue weighted by molar-refractivity contribution is -0.186. The second kappa shape index (κ2) is 9.36. The zero-order chi connectivity index (χ0) is 17.7. The van der Waals surface area contributed by atoms with Crippen LogP contribution in [-0.2, 0) is 14.2 Å². The van der Waals surface area contributed by atoms with Crippen molar-refractivity contribution in [3.8, 4) is 0 Å². The maximum Gasteiger partial charge on any atom is 0.170 e. The number of rotatable bonds is 6. The molecule has 2 saturated carbocycles. The molecule has 4 heteroatoms. The molecule has 150 valence electrons. The molecule has 0 aromatic heterocycles. The monoisotopic (exact) mass is 365 g/mol. The molecule has 0 amide bonds. The third kappa shape index (κ3) is 5.21. The molecule has 2 saturated heterocycles. The van der Waals surface area contributed by atoms with E-state index in [1.54, 1.807) is 0 Å². The van der Waals surface area contributed by atoms with Gasteiger partial charge in [-0.3, -0.25) is 0 Å². The zero-order valence-corrected chi connectivity index (χ0v) is 16.6. The number of piperidine rings is 1. The fraction of sp³-hybridized carbons (Fsp3) is 1.00. The van der Waals surface area contributed by atoms with E-state index in [9.17, 15) is 0 Å². The summed E-state index contributed by atoms with van der Waals surface area (Å²) < 4.78 is 17.9. The van der Waals surface area contributed by atoms with Gasteiger partial charge in [-0.15, -0.1) is 0 Å². The summed E-state index contributed by atoms with van der Waals surface area (Å²) in [7, 11) is 0. The number of nitrogens with zero attached hydrogens (tertiary/aromatic N) is 1. The van der Waals surface area contributed by atoms with Gasteiger partial charge >= 0.3 is 0 Å². The zero-order valence-electron chi connectivity index (χ0n) is 16.6. The van der Waals surface area contributed by atoms with Crippen molar-refractivity contribution in [3.63, 3.8) is 0 Å². The molecule has 4 nitrogen and oxygen atoms in total. The van der Waals surface area contributed by atoms with Crippen LogP contribution >= 0.6 is 0 Å². The van der Waals surface area contributed by atoms with Gasteiger partial charge in [-0.1, -0.05) is 32.1 Å². The van der Waals surface area contributed by atoms with Gasteiger partial charge in [0.2, 0.25) is 0 Å². The molecule has 2 aliphatic carbocycles. The first-order valence-electron chi connectivity index (χ1n) is 11.4. The Morgan fingerprint density at radius 1 is 0.808 bits per heavy atom. The Balaban J connectivity index is 1.06. The fourth-order valence-corrected chi connectivity index (χ4v) is 5.68. The molecule has 0 radical (unpaired) electrons. The molecule has 0 N–H and O–H groups in total. The summed E-state index contributed by atoms with van der Waals surface area (Å²) in [5, 5.41) is 0. The lowest BCUT2D eigenvalue weighted by atomic mass is 9.77. The summed E-state index contributed by atoms with van der Waals surface area (Å²) in [6, 6.07) is 0. The number of ether oxygens (including phenoxy) is 3. The van der Waals surface area contributed by atoms with Gasteiger partial charge in [0, 0.05) is 32.5 Å². The Bertz CT molecular complexity index is 400. The van der Waals surface area contributed by atoms with E-state index in [2.05, 4.69) is 4.90 Å². The largest absolute Gasteiger partial charge is 0.377 e. The van der Waals surface area contributed by atoms with E-state index in [0.29, 0.717) is 6.10 Å². The lowest BCUT2D eigenvalue weighted by Crippen LogP contribution is -2.46.